The van der Waals surface area contributed by atoms with E-state index in [2.05, 4.69) is 41.5 Å². The molecule has 0 aromatic carbocycles. The molecule has 3 N–H and O–H groups in total. The number of phosphoric acid groups is 2. The summed E-state index contributed by atoms with van der Waals surface area (Å²) in [5.74, 6) is -0.592. The van der Waals surface area contributed by atoms with Crippen LogP contribution in [-0.4, -0.2) is 96.7 Å². The third-order valence-electron chi connectivity index (χ3n) is 18.1. The van der Waals surface area contributed by atoms with E-state index >= 15 is 0 Å². The topological polar surface area (TPSA) is 237 Å². The van der Waals surface area contributed by atoms with E-state index in [-0.39, 0.29) is 25.7 Å². The highest BCUT2D eigenvalue weighted by atomic mass is 31.2. The largest absolute Gasteiger partial charge is 0.472 e. The van der Waals surface area contributed by atoms with Gasteiger partial charge in [0.25, 0.3) is 0 Å². The molecular weight excluding hydrogens is 1250 g/mol. The van der Waals surface area contributed by atoms with E-state index in [0.717, 1.165) is 108 Å². The monoisotopic (exact) mass is 1400 g/mol. The molecule has 0 aromatic rings. The Balaban J connectivity index is 5.24. The molecule has 0 bridgehead atoms. The maximum Gasteiger partial charge on any atom is 0.472 e. The molecule has 0 aliphatic rings. The Bertz CT molecular complexity index is 1840. The first kappa shape index (κ1) is 93.1. The third-order valence-corrected chi connectivity index (χ3v) is 20.0. The van der Waals surface area contributed by atoms with Gasteiger partial charge in [-0.1, -0.05) is 343 Å². The van der Waals surface area contributed by atoms with Crippen LogP contribution < -0.4 is 0 Å². The molecule has 6 atom stereocenters. The second-order valence-electron chi connectivity index (χ2n) is 28.1. The van der Waals surface area contributed by atoms with Crippen molar-refractivity contribution >= 4 is 39.5 Å². The molecule has 0 aliphatic carbocycles. The molecule has 0 aliphatic heterocycles. The molecule has 17 nitrogen and oxygen atoms in total. The van der Waals surface area contributed by atoms with Gasteiger partial charge in [0.2, 0.25) is 0 Å². The Labute approximate surface area is 581 Å². The zero-order valence-electron chi connectivity index (χ0n) is 62.0. The molecule has 19 heteroatoms. The van der Waals surface area contributed by atoms with Gasteiger partial charge >= 0.3 is 39.5 Å². The van der Waals surface area contributed by atoms with Gasteiger partial charge in [-0.05, 0) is 37.5 Å². The number of hydrogen-bond donors (Lipinski definition) is 3. The quantitative estimate of drug-likeness (QED) is 0.0222. The van der Waals surface area contributed by atoms with E-state index in [1.807, 2.05) is 0 Å². The third kappa shape index (κ3) is 69.0. The molecule has 0 aromatic heterocycles. The van der Waals surface area contributed by atoms with Crippen LogP contribution in [0.1, 0.15) is 395 Å². The van der Waals surface area contributed by atoms with Crippen molar-refractivity contribution < 1.29 is 80.2 Å². The van der Waals surface area contributed by atoms with E-state index in [9.17, 15) is 43.2 Å². The first-order valence-electron chi connectivity index (χ1n) is 39.5. The number of hydrogen-bond acceptors (Lipinski definition) is 15. The number of ether oxygens (including phenoxy) is 4. The number of carbonyl (C=O) groups excluding carboxylic acids is 4. The maximum atomic E-state index is 13.1. The minimum absolute atomic E-state index is 0.107. The summed E-state index contributed by atoms with van der Waals surface area (Å²) in [6.45, 7) is 9.58. The van der Waals surface area contributed by atoms with Crippen molar-refractivity contribution in [2.45, 2.75) is 413 Å². The summed E-state index contributed by atoms with van der Waals surface area (Å²) >= 11 is 0. The van der Waals surface area contributed by atoms with Gasteiger partial charge in [-0.25, -0.2) is 9.13 Å². The van der Waals surface area contributed by atoms with Crippen LogP contribution in [0.4, 0.5) is 0 Å². The normalized spacial score (nSPS) is 14.3. The highest BCUT2D eigenvalue weighted by molar-refractivity contribution is 7.47. The number of phosphoric ester groups is 2. The molecule has 0 saturated carbocycles. The fourth-order valence-corrected chi connectivity index (χ4v) is 13.2. The van der Waals surface area contributed by atoms with Gasteiger partial charge in [-0.2, -0.15) is 0 Å². The highest BCUT2D eigenvalue weighted by Gasteiger charge is 2.30. The van der Waals surface area contributed by atoms with Gasteiger partial charge in [0.05, 0.1) is 26.4 Å². The number of aliphatic hydroxyl groups is 1. The molecule has 0 heterocycles. The predicted octanol–water partition coefficient (Wildman–Crippen LogP) is 22.3. The summed E-state index contributed by atoms with van der Waals surface area (Å²) in [6.07, 6.45) is 55.4. The average Bonchev–Trinajstić information content (AvgIpc) is 2.63. The van der Waals surface area contributed by atoms with Crippen LogP contribution in [0.3, 0.4) is 0 Å². The van der Waals surface area contributed by atoms with Crippen molar-refractivity contribution in [2.75, 3.05) is 39.6 Å². The van der Waals surface area contributed by atoms with Crippen LogP contribution in [0.5, 0.6) is 0 Å². The van der Waals surface area contributed by atoms with E-state index in [0.29, 0.717) is 25.7 Å². The maximum absolute atomic E-state index is 13.1. The molecule has 0 amide bonds. The zero-order valence-corrected chi connectivity index (χ0v) is 63.8. The molecule has 0 radical (unpaired) electrons. The predicted molar refractivity (Wildman–Crippen MR) is 386 cm³/mol. The molecule has 95 heavy (non-hydrogen) atoms. The number of carbonyl (C=O) groups is 4. The van der Waals surface area contributed by atoms with Crippen molar-refractivity contribution in [2.24, 2.45) is 11.8 Å². The van der Waals surface area contributed by atoms with E-state index < -0.39 is 97.5 Å². The fraction of sp³-hybridized carbons (Fsp3) is 0.947. The SMILES string of the molecule is CCCCCCCCCCCCCCCCCCCC(=O)O[C@H](COC(=O)CCCCCCCCCCCCCCCC(C)C)COP(=O)(O)OC[C@@H](O)COP(=O)(O)OC[C@@H](COC(=O)CCCCCCCCC(C)CC)OC(=O)CCCCCCCCCCCCCC. The van der Waals surface area contributed by atoms with Crippen LogP contribution in [0.15, 0.2) is 0 Å². The summed E-state index contributed by atoms with van der Waals surface area (Å²) < 4.78 is 68.5. The van der Waals surface area contributed by atoms with Crippen LogP contribution >= 0.6 is 15.6 Å². The van der Waals surface area contributed by atoms with Crippen molar-refractivity contribution in [1.29, 1.82) is 0 Å². The van der Waals surface area contributed by atoms with Gasteiger partial charge in [-0.15, -0.1) is 0 Å². The van der Waals surface area contributed by atoms with Gasteiger partial charge in [0.1, 0.15) is 19.3 Å². The van der Waals surface area contributed by atoms with E-state index in [4.69, 9.17) is 37.0 Å². The molecule has 0 fully saturated rings. The first-order valence-corrected chi connectivity index (χ1v) is 42.5. The summed E-state index contributed by atoms with van der Waals surface area (Å²) in [6, 6.07) is 0. The number of rotatable bonds is 75. The van der Waals surface area contributed by atoms with Gasteiger partial charge in [0.15, 0.2) is 12.2 Å². The lowest BCUT2D eigenvalue weighted by atomic mass is 10.00. The Morgan fingerprint density at radius 2 is 0.537 bits per heavy atom. The Morgan fingerprint density at radius 3 is 0.800 bits per heavy atom. The van der Waals surface area contributed by atoms with E-state index in [1.54, 1.807) is 0 Å². The van der Waals surface area contributed by atoms with Crippen LogP contribution in [0, 0.1) is 11.8 Å². The second-order valence-corrected chi connectivity index (χ2v) is 31.0. The van der Waals surface area contributed by atoms with Crippen molar-refractivity contribution in [3.8, 4) is 0 Å². The van der Waals surface area contributed by atoms with Gasteiger partial charge in [0, 0.05) is 25.7 Å². The Hall–Kier alpha value is -1.94. The van der Waals surface area contributed by atoms with Gasteiger partial charge in [-0.3, -0.25) is 37.3 Å². The highest BCUT2D eigenvalue weighted by Crippen LogP contribution is 2.45. The molecule has 3 unspecified atom stereocenters. The zero-order chi connectivity index (χ0) is 70.0. The molecule has 0 saturated heterocycles. The standard InChI is InChI=1S/C76H148O17P2/c1-7-10-12-14-16-18-20-22-23-24-25-28-33-37-41-49-55-61-76(81)92-71(64-86-73(78)58-52-46-39-35-32-29-26-27-30-34-38-44-50-56-68(4)5)66-90-94(82,83)88-62-70(77)63-89-95(84,85)91-67-72(65-87-74(79)59-53-47-43-42-45-51-57-69(6)9-3)93-75(80)60-54-48-40-36-31-21-19-17-15-13-11-8-2/h68-72,77H,7-67H2,1-6H3,(H,82,83)(H,84,85)/t69?,70-,71-,72-/m1/s1. The average molecular weight is 1400 g/mol. The lowest BCUT2D eigenvalue weighted by Crippen LogP contribution is -2.30. The minimum Gasteiger partial charge on any atom is -0.462 e. The van der Waals surface area contributed by atoms with E-state index in [1.165, 1.54) is 205 Å². The Kier molecular flexibility index (Phi) is 66.5. The summed E-state index contributed by atoms with van der Waals surface area (Å²) in [7, 11) is -9.91. The molecule has 0 spiro atoms. The fourth-order valence-electron chi connectivity index (χ4n) is 11.6. The van der Waals surface area contributed by atoms with Crippen LogP contribution in [-0.2, 0) is 65.4 Å². The second kappa shape index (κ2) is 67.9. The molecule has 0 rings (SSSR count). The number of aliphatic hydroxyl groups excluding tert-OH is 1. The lowest BCUT2D eigenvalue weighted by Gasteiger charge is -2.21. The summed E-state index contributed by atoms with van der Waals surface area (Å²) in [5.41, 5.74) is 0. The lowest BCUT2D eigenvalue weighted by molar-refractivity contribution is -0.161. The molecule has 564 valence electrons. The van der Waals surface area contributed by atoms with Crippen LogP contribution in [0.25, 0.3) is 0 Å². The van der Waals surface area contributed by atoms with Crippen molar-refractivity contribution in [3.63, 3.8) is 0 Å². The van der Waals surface area contributed by atoms with Crippen LogP contribution in [0.2, 0.25) is 0 Å². The minimum atomic E-state index is -4.96. The smallest absolute Gasteiger partial charge is 0.462 e. The number of esters is 4. The first-order chi connectivity index (χ1) is 45.9. The van der Waals surface area contributed by atoms with Gasteiger partial charge < -0.3 is 33.8 Å². The summed E-state index contributed by atoms with van der Waals surface area (Å²) in [4.78, 5) is 72.8. The number of unbranched alkanes of at least 4 members (excludes halogenated alkanes) is 44. The van der Waals surface area contributed by atoms with Crippen molar-refractivity contribution in [3.05, 3.63) is 0 Å². The molecular formula is C76H148O17P2. The Morgan fingerprint density at radius 1 is 0.305 bits per heavy atom. The summed E-state index contributed by atoms with van der Waals surface area (Å²) in [5, 5.41) is 10.6. The van der Waals surface area contributed by atoms with Crippen molar-refractivity contribution in [1.82, 2.24) is 0 Å².